The summed E-state index contributed by atoms with van der Waals surface area (Å²) in [7, 11) is 0. The topological polar surface area (TPSA) is 20.2 Å². The normalized spacial score (nSPS) is 27.9. The van der Waals surface area contributed by atoms with Crippen LogP contribution in [0.15, 0.2) is 0 Å². The molecule has 0 spiro atoms. The van der Waals surface area contributed by atoms with Crippen molar-refractivity contribution in [2.75, 3.05) is 0 Å². The van der Waals surface area contributed by atoms with Crippen molar-refractivity contribution in [3.05, 3.63) is 0 Å². The predicted molar refractivity (Wildman–Crippen MR) is 70.5 cm³/mol. The Labute approximate surface area is 102 Å². The van der Waals surface area contributed by atoms with Crippen LogP contribution >= 0.6 is 0 Å². The van der Waals surface area contributed by atoms with Crippen LogP contribution in [-0.4, -0.2) is 11.2 Å². The number of aliphatic hydroxyl groups excluding tert-OH is 1. The van der Waals surface area contributed by atoms with Crippen molar-refractivity contribution < 1.29 is 5.11 Å². The molecule has 1 N–H and O–H groups in total. The molecule has 1 unspecified atom stereocenters. The smallest absolute Gasteiger partial charge is 0.0568 e. The summed E-state index contributed by atoms with van der Waals surface area (Å²) in [5.74, 6) is 1.58. The molecule has 96 valence electrons. The van der Waals surface area contributed by atoms with E-state index in [1.165, 1.54) is 57.8 Å². The van der Waals surface area contributed by atoms with E-state index in [1.54, 1.807) is 0 Å². The largest absolute Gasteiger partial charge is 0.393 e. The maximum Gasteiger partial charge on any atom is 0.0568 e. The van der Waals surface area contributed by atoms with Gasteiger partial charge in [0.2, 0.25) is 0 Å². The summed E-state index contributed by atoms with van der Waals surface area (Å²) in [6, 6.07) is 0. The molecule has 0 saturated heterocycles. The highest BCUT2D eigenvalue weighted by atomic mass is 16.3. The fourth-order valence-corrected chi connectivity index (χ4v) is 3.00. The van der Waals surface area contributed by atoms with Gasteiger partial charge in [-0.15, -0.1) is 0 Å². The zero-order valence-electron chi connectivity index (χ0n) is 11.3. The van der Waals surface area contributed by atoms with Crippen LogP contribution in [-0.2, 0) is 0 Å². The summed E-state index contributed by atoms with van der Waals surface area (Å²) >= 11 is 0. The molecule has 0 aromatic rings. The van der Waals surface area contributed by atoms with Gasteiger partial charge >= 0.3 is 0 Å². The van der Waals surface area contributed by atoms with Crippen molar-refractivity contribution in [3.8, 4) is 0 Å². The maximum absolute atomic E-state index is 10.1. The van der Waals surface area contributed by atoms with Crippen molar-refractivity contribution in [2.45, 2.75) is 84.2 Å². The molecule has 16 heavy (non-hydrogen) atoms. The van der Waals surface area contributed by atoms with Gasteiger partial charge in [-0.25, -0.2) is 0 Å². The van der Waals surface area contributed by atoms with Gasteiger partial charge in [-0.05, 0) is 31.1 Å². The Morgan fingerprint density at radius 1 is 1.00 bits per heavy atom. The van der Waals surface area contributed by atoms with Crippen LogP contribution in [0, 0.1) is 11.8 Å². The van der Waals surface area contributed by atoms with Gasteiger partial charge in [0.15, 0.2) is 0 Å². The first-order chi connectivity index (χ1) is 7.77. The van der Waals surface area contributed by atoms with E-state index in [1.807, 2.05) is 0 Å². The second-order valence-corrected chi connectivity index (χ2v) is 5.63. The van der Waals surface area contributed by atoms with Crippen molar-refractivity contribution in [1.29, 1.82) is 0 Å². The summed E-state index contributed by atoms with van der Waals surface area (Å²) in [5.41, 5.74) is 0. The van der Waals surface area contributed by atoms with Gasteiger partial charge in [-0.1, -0.05) is 58.8 Å². The summed E-state index contributed by atoms with van der Waals surface area (Å²) in [6.45, 7) is 4.48. The minimum absolute atomic E-state index is 0.00734. The van der Waals surface area contributed by atoms with E-state index in [4.69, 9.17) is 0 Å². The Bertz CT molecular complexity index is 159. The fraction of sp³-hybridized carbons (Fsp3) is 1.00. The molecule has 1 aliphatic rings. The van der Waals surface area contributed by atoms with Gasteiger partial charge in [0, 0.05) is 0 Å². The lowest BCUT2D eigenvalue weighted by molar-refractivity contribution is 0.0638. The minimum atomic E-state index is -0.00734. The monoisotopic (exact) mass is 226 g/mol. The molecule has 0 aliphatic heterocycles. The van der Waals surface area contributed by atoms with Gasteiger partial charge < -0.3 is 5.11 Å². The highest BCUT2D eigenvalue weighted by Crippen LogP contribution is 2.34. The average Bonchev–Trinajstić information content (AvgIpc) is 2.34. The molecule has 0 heterocycles. The second-order valence-electron chi connectivity index (χ2n) is 5.63. The summed E-state index contributed by atoms with van der Waals surface area (Å²) in [5, 5.41) is 10.1. The van der Waals surface area contributed by atoms with E-state index in [9.17, 15) is 5.11 Å². The molecule has 1 atom stereocenters. The molecule has 0 radical (unpaired) electrons. The lowest BCUT2D eigenvalue weighted by atomic mass is 9.77. The Hall–Kier alpha value is -0.0400. The van der Waals surface area contributed by atoms with Gasteiger partial charge in [0.05, 0.1) is 6.10 Å². The highest BCUT2D eigenvalue weighted by molar-refractivity contribution is 4.77. The first kappa shape index (κ1) is 14.0. The molecule has 0 amide bonds. The van der Waals surface area contributed by atoms with Crippen LogP contribution in [0.25, 0.3) is 0 Å². The van der Waals surface area contributed by atoms with E-state index in [-0.39, 0.29) is 6.10 Å². The third-order valence-electron chi connectivity index (χ3n) is 4.25. The van der Waals surface area contributed by atoms with Crippen LogP contribution in [0.3, 0.4) is 0 Å². The number of rotatable bonds is 7. The number of hydrogen-bond acceptors (Lipinski definition) is 1. The number of aliphatic hydroxyl groups is 1. The summed E-state index contributed by atoms with van der Waals surface area (Å²) in [6.07, 6.45) is 12.9. The minimum Gasteiger partial charge on any atom is -0.393 e. The standard InChI is InChI=1S/C15H30O/c1-3-5-7-13-9-11-14(12-10-13)15(16)8-6-4-2/h13-16H,3-12H2,1-2H3. The van der Waals surface area contributed by atoms with E-state index >= 15 is 0 Å². The Kier molecular flexibility index (Phi) is 7.11. The lowest BCUT2D eigenvalue weighted by Crippen LogP contribution is -2.25. The molecule has 1 rings (SSSR count). The first-order valence-electron chi connectivity index (χ1n) is 7.46. The van der Waals surface area contributed by atoms with E-state index in [2.05, 4.69) is 13.8 Å². The Morgan fingerprint density at radius 2 is 1.62 bits per heavy atom. The van der Waals surface area contributed by atoms with Crippen molar-refractivity contribution in [2.24, 2.45) is 11.8 Å². The van der Waals surface area contributed by atoms with Gasteiger partial charge in [0.1, 0.15) is 0 Å². The molecule has 0 aromatic carbocycles. The molecule has 1 aliphatic carbocycles. The van der Waals surface area contributed by atoms with E-state index in [0.717, 1.165) is 12.3 Å². The van der Waals surface area contributed by atoms with Crippen LogP contribution < -0.4 is 0 Å². The average molecular weight is 226 g/mol. The first-order valence-corrected chi connectivity index (χ1v) is 7.46. The van der Waals surface area contributed by atoms with Crippen LogP contribution in [0.4, 0.5) is 0 Å². The fourth-order valence-electron chi connectivity index (χ4n) is 3.00. The quantitative estimate of drug-likeness (QED) is 0.676. The van der Waals surface area contributed by atoms with Crippen molar-refractivity contribution in [1.82, 2.24) is 0 Å². The van der Waals surface area contributed by atoms with Gasteiger partial charge in [-0.3, -0.25) is 0 Å². The molecule has 0 bridgehead atoms. The highest BCUT2D eigenvalue weighted by Gasteiger charge is 2.25. The molecule has 1 fully saturated rings. The molecule has 1 heteroatoms. The second kappa shape index (κ2) is 8.11. The SMILES string of the molecule is CCCCC1CCC(C(O)CCCC)CC1. The Morgan fingerprint density at radius 3 is 2.19 bits per heavy atom. The van der Waals surface area contributed by atoms with Crippen molar-refractivity contribution in [3.63, 3.8) is 0 Å². The van der Waals surface area contributed by atoms with Crippen LogP contribution in [0.5, 0.6) is 0 Å². The zero-order valence-corrected chi connectivity index (χ0v) is 11.3. The summed E-state index contributed by atoms with van der Waals surface area (Å²) in [4.78, 5) is 0. The summed E-state index contributed by atoms with van der Waals surface area (Å²) < 4.78 is 0. The number of unbranched alkanes of at least 4 members (excludes halogenated alkanes) is 2. The molecule has 1 nitrogen and oxygen atoms in total. The van der Waals surface area contributed by atoms with E-state index < -0.39 is 0 Å². The molecular formula is C15H30O. The maximum atomic E-state index is 10.1. The predicted octanol–water partition coefficient (Wildman–Crippen LogP) is 4.53. The molecule has 1 saturated carbocycles. The third kappa shape index (κ3) is 4.86. The number of hydrogen-bond donors (Lipinski definition) is 1. The molecule has 0 aromatic heterocycles. The van der Waals surface area contributed by atoms with Crippen LogP contribution in [0.2, 0.25) is 0 Å². The Balaban J connectivity index is 2.15. The van der Waals surface area contributed by atoms with Crippen molar-refractivity contribution >= 4 is 0 Å². The molecular weight excluding hydrogens is 196 g/mol. The van der Waals surface area contributed by atoms with E-state index in [0.29, 0.717) is 5.92 Å². The van der Waals surface area contributed by atoms with Gasteiger partial charge in [0.25, 0.3) is 0 Å². The van der Waals surface area contributed by atoms with Gasteiger partial charge in [-0.2, -0.15) is 0 Å². The zero-order chi connectivity index (χ0) is 11.8. The third-order valence-corrected chi connectivity index (χ3v) is 4.25. The lowest BCUT2D eigenvalue weighted by Gasteiger charge is -2.31. The van der Waals surface area contributed by atoms with Crippen LogP contribution in [0.1, 0.15) is 78.1 Å².